The molecule has 0 radical (unpaired) electrons. The summed E-state index contributed by atoms with van der Waals surface area (Å²) in [5.74, 6) is -0.109. The Labute approximate surface area is 144 Å². The van der Waals surface area contributed by atoms with Crippen LogP contribution in [0.15, 0.2) is 24.3 Å². The molecule has 0 spiro atoms. The Hall–Kier alpha value is -1.88. The molecule has 1 heterocycles. The summed E-state index contributed by atoms with van der Waals surface area (Å²) in [5, 5.41) is 13.4. The van der Waals surface area contributed by atoms with Gasteiger partial charge in [-0.1, -0.05) is 32.8 Å². The average molecular weight is 332 g/mol. The van der Waals surface area contributed by atoms with Crippen molar-refractivity contribution in [3.63, 3.8) is 0 Å². The number of hydrogen-bond acceptors (Lipinski definition) is 3. The van der Waals surface area contributed by atoms with Crippen molar-refractivity contribution in [3.8, 4) is 0 Å². The molecule has 2 N–H and O–H groups in total. The minimum atomic E-state index is -0.846. The average Bonchev–Trinajstić information content (AvgIpc) is 2.99. The second-order valence-corrected chi connectivity index (χ2v) is 6.61. The summed E-state index contributed by atoms with van der Waals surface area (Å²) in [6.07, 6.45) is 4.51. The van der Waals surface area contributed by atoms with Gasteiger partial charge in [0, 0.05) is 30.8 Å². The first kappa shape index (κ1) is 18.5. The molecule has 0 aromatic heterocycles. The van der Waals surface area contributed by atoms with Crippen LogP contribution < -0.4 is 10.2 Å². The minimum absolute atomic E-state index is 0.104. The zero-order chi connectivity index (χ0) is 17.6. The van der Waals surface area contributed by atoms with Gasteiger partial charge in [0.1, 0.15) is 0 Å². The minimum Gasteiger partial charge on any atom is -0.388 e. The number of benzene rings is 1. The van der Waals surface area contributed by atoms with Crippen molar-refractivity contribution < 1.29 is 14.7 Å². The lowest BCUT2D eigenvalue weighted by molar-refractivity contribution is -0.117. The maximum atomic E-state index is 12.4. The van der Waals surface area contributed by atoms with Crippen molar-refractivity contribution in [2.24, 2.45) is 0 Å². The monoisotopic (exact) mass is 332 g/mol. The van der Waals surface area contributed by atoms with Gasteiger partial charge in [0.05, 0.1) is 5.60 Å². The van der Waals surface area contributed by atoms with Gasteiger partial charge in [-0.05, 0) is 37.5 Å². The second-order valence-electron chi connectivity index (χ2n) is 6.61. The number of amides is 2. The van der Waals surface area contributed by atoms with Crippen LogP contribution in [0.1, 0.15) is 62.7 Å². The van der Waals surface area contributed by atoms with Gasteiger partial charge in [-0.15, -0.1) is 0 Å². The molecule has 0 atom stereocenters. The van der Waals surface area contributed by atoms with E-state index in [0.29, 0.717) is 31.4 Å². The standard InChI is InChI=1S/C19H28N2O3/c1-3-10-19(24,11-4-2)14-20-18(23)15-7-5-8-16(13-15)21-12-6-9-17(21)22/h5,7-8,13,24H,3-4,6,9-12,14H2,1-2H3,(H,20,23). The zero-order valence-electron chi connectivity index (χ0n) is 14.7. The van der Waals surface area contributed by atoms with Crippen LogP contribution >= 0.6 is 0 Å². The predicted molar refractivity (Wildman–Crippen MR) is 95.1 cm³/mol. The topological polar surface area (TPSA) is 69.6 Å². The van der Waals surface area contributed by atoms with E-state index in [9.17, 15) is 14.7 Å². The van der Waals surface area contributed by atoms with Gasteiger partial charge < -0.3 is 15.3 Å². The maximum Gasteiger partial charge on any atom is 0.251 e. The Morgan fingerprint density at radius 1 is 1.29 bits per heavy atom. The van der Waals surface area contributed by atoms with Crippen molar-refractivity contribution in [2.75, 3.05) is 18.0 Å². The predicted octanol–water partition coefficient (Wildman–Crippen LogP) is 2.87. The molecule has 5 heteroatoms. The maximum absolute atomic E-state index is 12.4. The van der Waals surface area contributed by atoms with E-state index in [4.69, 9.17) is 0 Å². The Morgan fingerprint density at radius 3 is 2.58 bits per heavy atom. The van der Waals surface area contributed by atoms with E-state index >= 15 is 0 Å². The van der Waals surface area contributed by atoms with E-state index in [1.54, 1.807) is 23.1 Å². The van der Waals surface area contributed by atoms with Gasteiger partial charge in [0.15, 0.2) is 0 Å². The van der Waals surface area contributed by atoms with Crippen LogP contribution in [0.4, 0.5) is 5.69 Å². The summed E-state index contributed by atoms with van der Waals surface area (Å²) < 4.78 is 0. The van der Waals surface area contributed by atoms with Crippen LogP contribution in [0, 0.1) is 0 Å². The first-order valence-electron chi connectivity index (χ1n) is 8.90. The lowest BCUT2D eigenvalue weighted by Gasteiger charge is -2.27. The molecule has 1 aromatic rings. The first-order valence-corrected chi connectivity index (χ1v) is 8.90. The number of rotatable bonds is 8. The summed E-state index contributed by atoms with van der Waals surface area (Å²) in [7, 11) is 0. The molecule has 0 bridgehead atoms. The molecule has 1 fully saturated rings. The number of carbonyl (C=O) groups excluding carboxylic acids is 2. The number of nitrogens with one attached hydrogen (secondary N) is 1. The highest BCUT2D eigenvalue weighted by Crippen LogP contribution is 2.23. The number of aliphatic hydroxyl groups is 1. The highest BCUT2D eigenvalue weighted by molar-refractivity contribution is 5.99. The van der Waals surface area contributed by atoms with Crippen molar-refractivity contribution in [1.29, 1.82) is 0 Å². The molecule has 1 aromatic carbocycles. The Bertz CT molecular complexity index is 580. The lowest BCUT2D eigenvalue weighted by Crippen LogP contribution is -2.42. The van der Waals surface area contributed by atoms with E-state index in [1.807, 2.05) is 19.9 Å². The summed E-state index contributed by atoms with van der Waals surface area (Å²) in [5.41, 5.74) is 0.437. The van der Waals surface area contributed by atoms with Crippen LogP contribution in [0.2, 0.25) is 0 Å². The summed E-state index contributed by atoms with van der Waals surface area (Å²) >= 11 is 0. The van der Waals surface area contributed by atoms with E-state index in [0.717, 1.165) is 24.9 Å². The van der Waals surface area contributed by atoms with Gasteiger partial charge in [-0.25, -0.2) is 0 Å². The van der Waals surface area contributed by atoms with Crippen molar-refractivity contribution in [3.05, 3.63) is 29.8 Å². The number of nitrogens with zero attached hydrogens (tertiary/aromatic N) is 1. The van der Waals surface area contributed by atoms with E-state index in [-0.39, 0.29) is 18.4 Å². The van der Waals surface area contributed by atoms with E-state index in [2.05, 4.69) is 5.32 Å². The fourth-order valence-corrected chi connectivity index (χ4v) is 3.32. The van der Waals surface area contributed by atoms with Gasteiger partial charge >= 0.3 is 0 Å². The molecule has 1 saturated heterocycles. The van der Waals surface area contributed by atoms with E-state index < -0.39 is 5.60 Å². The summed E-state index contributed by atoms with van der Waals surface area (Å²) in [4.78, 5) is 26.0. The quantitative estimate of drug-likeness (QED) is 0.769. The zero-order valence-corrected chi connectivity index (χ0v) is 14.7. The number of hydrogen-bond donors (Lipinski definition) is 2. The van der Waals surface area contributed by atoms with Crippen LogP contribution in [0.5, 0.6) is 0 Å². The Balaban J connectivity index is 2.03. The highest BCUT2D eigenvalue weighted by Gasteiger charge is 2.26. The smallest absolute Gasteiger partial charge is 0.251 e. The molecule has 1 aliphatic heterocycles. The molecule has 132 valence electrons. The van der Waals surface area contributed by atoms with Crippen molar-refractivity contribution in [1.82, 2.24) is 5.32 Å². The molecule has 5 nitrogen and oxygen atoms in total. The highest BCUT2D eigenvalue weighted by atomic mass is 16.3. The van der Waals surface area contributed by atoms with Gasteiger partial charge in [-0.3, -0.25) is 9.59 Å². The normalized spacial score (nSPS) is 15.0. The SMILES string of the molecule is CCCC(O)(CCC)CNC(=O)c1cccc(N2CCCC2=O)c1. The summed E-state index contributed by atoms with van der Waals surface area (Å²) in [6, 6.07) is 7.12. The molecule has 0 aliphatic carbocycles. The third kappa shape index (κ3) is 4.57. The fourth-order valence-electron chi connectivity index (χ4n) is 3.32. The molecular formula is C19H28N2O3. The van der Waals surface area contributed by atoms with Gasteiger partial charge in [0.2, 0.25) is 5.91 Å². The molecular weight excluding hydrogens is 304 g/mol. The van der Waals surface area contributed by atoms with Crippen LogP contribution in [0.3, 0.4) is 0 Å². The molecule has 0 unspecified atom stereocenters. The lowest BCUT2D eigenvalue weighted by atomic mass is 9.92. The van der Waals surface area contributed by atoms with Gasteiger partial charge in [-0.2, -0.15) is 0 Å². The van der Waals surface area contributed by atoms with Gasteiger partial charge in [0.25, 0.3) is 5.91 Å². The first-order chi connectivity index (χ1) is 11.5. The van der Waals surface area contributed by atoms with E-state index in [1.165, 1.54) is 0 Å². The third-order valence-corrected chi connectivity index (χ3v) is 4.50. The molecule has 1 aliphatic rings. The summed E-state index contributed by atoms with van der Waals surface area (Å²) in [6.45, 7) is 5.01. The molecule has 24 heavy (non-hydrogen) atoms. The Kier molecular flexibility index (Phi) is 6.37. The fraction of sp³-hybridized carbons (Fsp3) is 0.579. The largest absolute Gasteiger partial charge is 0.388 e. The molecule has 2 rings (SSSR count). The van der Waals surface area contributed by atoms with Crippen molar-refractivity contribution in [2.45, 2.75) is 58.0 Å². The molecule has 2 amide bonds. The molecule has 0 saturated carbocycles. The second kappa shape index (κ2) is 8.29. The third-order valence-electron chi connectivity index (χ3n) is 4.50. The van der Waals surface area contributed by atoms with Crippen LogP contribution in [0.25, 0.3) is 0 Å². The van der Waals surface area contributed by atoms with Crippen LogP contribution in [-0.4, -0.2) is 35.6 Å². The van der Waals surface area contributed by atoms with Crippen LogP contribution in [-0.2, 0) is 4.79 Å². The van der Waals surface area contributed by atoms with Crippen molar-refractivity contribution >= 4 is 17.5 Å². The number of anilines is 1. The number of carbonyl (C=O) groups is 2. The Morgan fingerprint density at radius 2 is 2.00 bits per heavy atom.